The fraction of sp³-hybridized carbons (Fsp3) is 0.278. The minimum atomic E-state index is -0.250. The Morgan fingerprint density at radius 1 is 1.13 bits per heavy atom. The van der Waals surface area contributed by atoms with Crippen molar-refractivity contribution in [3.63, 3.8) is 0 Å². The van der Waals surface area contributed by atoms with Crippen molar-refractivity contribution in [2.24, 2.45) is 0 Å². The molecule has 0 aliphatic carbocycles. The number of halogens is 1. The average molecular weight is 332 g/mol. The van der Waals surface area contributed by atoms with E-state index >= 15 is 0 Å². The van der Waals surface area contributed by atoms with Gasteiger partial charge in [-0.2, -0.15) is 0 Å². The van der Waals surface area contributed by atoms with Crippen molar-refractivity contribution in [1.82, 2.24) is 4.90 Å². The van der Waals surface area contributed by atoms with Gasteiger partial charge in [0.1, 0.15) is 11.5 Å². The maximum Gasteiger partial charge on any atom is 0.290 e. The second-order valence-corrected chi connectivity index (χ2v) is 6.30. The summed E-state index contributed by atoms with van der Waals surface area (Å²) in [7, 11) is 2.18. The number of benzene rings is 2. The molecule has 0 spiro atoms. The van der Waals surface area contributed by atoms with Gasteiger partial charge in [0.2, 0.25) is 0 Å². The Labute approximate surface area is 140 Å². The van der Waals surface area contributed by atoms with Crippen molar-refractivity contribution in [3.05, 3.63) is 58.6 Å². The number of nitrogens with zero attached hydrogens (tertiary/aromatic N) is 1. The Morgan fingerprint density at radius 3 is 2.48 bits per heavy atom. The summed E-state index contributed by atoms with van der Waals surface area (Å²) >= 11 is 6.20. The largest absolute Gasteiger partial charge is 0.483 e. The van der Waals surface area contributed by atoms with E-state index in [1.54, 1.807) is 0 Å². The smallest absolute Gasteiger partial charge is 0.290 e. The first kappa shape index (κ1) is 15.8. The third kappa shape index (κ3) is 3.05. The van der Waals surface area contributed by atoms with E-state index in [2.05, 4.69) is 36.2 Å². The van der Waals surface area contributed by atoms with E-state index in [4.69, 9.17) is 26.2 Å². The highest BCUT2D eigenvalue weighted by Crippen LogP contribution is 2.49. The molecule has 23 heavy (non-hydrogen) atoms. The first-order valence-corrected chi connectivity index (χ1v) is 7.84. The van der Waals surface area contributed by atoms with E-state index in [0.29, 0.717) is 11.8 Å². The molecule has 120 valence electrons. The number of carboxylic acid groups (broad SMARTS) is 1. The number of ether oxygens (including phenoxy) is 1. The van der Waals surface area contributed by atoms with Crippen molar-refractivity contribution in [2.75, 3.05) is 20.1 Å². The van der Waals surface area contributed by atoms with Crippen LogP contribution in [0.15, 0.2) is 42.5 Å². The van der Waals surface area contributed by atoms with Crippen molar-refractivity contribution < 1.29 is 14.6 Å². The lowest BCUT2D eigenvalue weighted by Crippen LogP contribution is -2.14. The van der Waals surface area contributed by atoms with Crippen molar-refractivity contribution in [2.45, 2.75) is 11.8 Å². The summed E-state index contributed by atoms with van der Waals surface area (Å²) < 4.78 is 6.15. The molecule has 2 aliphatic heterocycles. The fourth-order valence-corrected chi connectivity index (χ4v) is 3.71. The van der Waals surface area contributed by atoms with Crippen LogP contribution in [0.2, 0.25) is 5.02 Å². The first-order valence-electron chi connectivity index (χ1n) is 7.46. The molecule has 2 heterocycles. The van der Waals surface area contributed by atoms with E-state index in [-0.39, 0.29) is 6.47 Å². The van der Waals surface area contributed by atoms with E-state index in [1.807, 2.05) is 18.2 Å². The van der Waals surface area contributed by atoms with Crippen LogP contribution in [0.5, 0.6) is 11.5 Å². The maximum absolute atomic E-state index is 8.36. The molecule has 4 nitrogen and oxygen atoms in total. The third-order valence-electron chi connectivity index (χ3n) is 4.41. The Morgan fingerprint density at radius 2 is 1.74 bits per heavy atom. The van der Waals surface area contributed by atoms with Gasteiger partial charge in [0, 0.05) is 35.5 Å². The van der Waals surface area contributed by atoms with Gasteiger partial charge in [-0.25, -0.2) is 0 Å². The monoisotopic (exact) mass is 331 g/mol. The van der Waals surface area contributed by atoms with Crippen LogP contribution in [0.4, 0.5) is 0 Å². The molecule has 0 unspecified atom stereocenters. The van der Waals surface area contributed by atoms with Gasteiger partial charge in [-0.05, 0) is 36.9 Å². The Kier molecular flexibility index (Phi) is 4.55. The Balaban J connectivity index is 0.000000485. The molecular formula is C18H18ClNO3. The zero-order valence-electron chi connectivity index (χ0n) is 12.8. The summed E-state index contributed by atoms with van der Waals surface area (Å²) in [5.41, 5.74) is 2.55. The number of para-hydroxylation sites is 1. The second-order valence-electron chi connectivity index (χ2n) is 5.86. The molecule has 2 aliphatic rings. The summed E-state index contributed by atoms with van der Waals surface area (Å²) in [6.45, 7) is 1.87. The molecule has 5 heteroatoms. The van der Waals surface area contributed by atoms with Crippen molar-refractivity contribution >= 4 is 18.1 Å². The van der Waals surface area contributed by atoms with Crippen LogP contribution in [0.3, 0.4) is 0 Å². The highest BCUT2D eigenvalue weighted by atomic mass is 35.5. The SMILES string of the molecule is CN1C[C@H]2c3ccccc3Oc3ccc(Cl)cc3[C@@H]2C1.O=CO. The average Bonchev–Trinajstić information content (AvgIpc) is 2.87. The van der Waals surface area contributed by atoms with Crippen LogP contribution < -0.4 is 4.74 Å². The number of likely N-dealkylation sites (N-methyl/N-ethyl adjacent to an activating group) is 1. The summed E-state index contributed by atoms with van der Waals surface area (Å²) in [4.78, 5) is 10.8. The van der Waals surface area contributed by atoms with Crippen LogP contribution in [0.1, 0.15) is 23.0 Å². The highest BCUT2D eigenvalue weighted by molar-refractivity contribution is 6.30. The van der Waals surface area contributed by atoms with Gasteiger partial charge >= 0.3 is 0 Å². The lowest BCUT2D eigenvalue weighted by molar-refractivity contribution is -0.122. The van der Waals surface area contributed by atoms with Crippen LogP contribution in [0, 0.1) is 0 Å². The molecule has 0 amide bonds. The zero-order valence-corrected chi connectivity index (χ0v) is 13.5. The van der Waals surface area contributed by atoms with Crippen LogP contribution in [-0.4, -0.2) is 36.6 Å². The highest BCUT2D eigenvalue weighted by Gasteiger charge is 2.38. The minimum absolute atomic E-state index is 0.250. The number of rotatable bonds is 0. The van der Waals surface area contributed by atoms with Crippen LogP contribution in [0.25, 0.3) is 0 Å². The molecule has 4 rings (SSSR count). The molecule has 2 atom stereocenters. The number of carbonyl (C=O) groups is 1. The summed E-state index contributed by atoms with van der Waals surface area (Å²) in [6, 6.07) is 14.4. The lowest BCUT2D eigenvalue weighted by Gasteiger charge is -2.17. The molecule has 2 aromatic carbocycles. The predicted octanol–water partition coefficient (Wildman–Crippen LogP) is 3.96. The van der Waals surface area contributed by atoms with Gasteiger partial charge in [-0.3, -0.25) is 4.79 Å². The van der Waals surface area contributed by atoms with Gasteiger partial charge in [-0.15, -0.1) is 0 Å². The maximum atomic E-state index is 8.36. The third-order valence-corrected chi connectivity index (χ3v) is 4.65. The molecule has 0 saturated carbocycles. The molecule has 1 saturated heterocycles. The molecule has 0 bridgehead atoms. The fourth-order valence-electron chi connectivity index (χ4n) is 3.53. The van der Waals surface area contributed by atoms with E-state index in [9.17, 15) is 0 Å². The van der Waals surface area contributed by atoms with Gasteiger partial charge in [0.05, 0.1) is 0 Å². The lowest BCUT2D eigenvalue weighted by atomic mass is 9.84. The van der Waals surface area contributed by atoms with Crippen molar-refractivity contribution in [1.29, 1.82) is 0 Å². The summed E-state index contributed by atoms with van der Waals surface area (Å²) in [6.07, 6.45) is 0. The topological polar surface area (TPSA) is 49.8 Å². The van der Waals surface area contributed by atoms with Crippen LogP contribution >= 0.6 is 11.6 Å². The van der Waals surface area contributed by atoms with Gasteiger partial charge < -0.3 is 14.7 Å². The Bertz CT molecular complexity index is 719. The molecule has 0 aromatic heterocycles. The standard InChI is InChI=1S/C17H16ClNO.CH2O2/c1-19-9-14-12-4-2-3-5-16(12)20-17-7-6-11(18)8-13(17)15(14)10-19;2-1-3/h2-8,14-15H,9-10H2,1H3;1H,(H,2,3)/t14-,15-;/m0./s1. The second kappa shape index (κ2) is 6.60. The normalized spacial score (nSPS) is 21.7. The van der Waals surface area contributed by atoms with Crippen LogP contribution in [-0.2, 0) is 4.79 Å². The number of fused-ring (bicyclic) bond motifs is 5. The minimum Gasteiger partial charge on any atom is -0.483 e. The predicted molar refractivity (Wildman–Crippen MR) is 89.6 cm³/mol. The number of hydrogen-bond donors (Lipinski definition) is 1. The first-order chi connectivity index (χ1) is 11.1. The molecule has 2 aromatic rings. The molecular weight excluding hydrogens is 314 g/mol. The van der Waals surface area contributed by atoms with Gasteiger partial charge in [-0.1, -0.05) is 29.8 Å². The molecule has 0 radical (unpaired) electrons. The van der Waals surface area contributed by atoms with E-state index in [0.717, 1.165) is 29.6 Å². The molecule has 1 fully saturated rings. The van der Waals surface area contributed by atoms with E-state index in [1.165, 1.54) is 11.1 Å². The summed E-state index contributed by atoms with van der Waals surface area (Å²) in [5, 5.41) is 7.67. The zero-order chi connectivity index (χ0) is 16.4. The van der Waals surface area contributed by atoms with Crippen molar-refractivity contribution in [3.8, 4) is 11.5 Å². The van der Waals surface area contributed by atoms with E-state index < -0.39 is 0 Å². The van der Waals surface area contributed by atoms with Gasteiger partial charge in [0.15, 0.2) is 0 Å². The quantitative estimate of drug-likeness (QED) is 0.742. The summed E-state index contributed by atoms with van der Waals surface area (Å²) in [5.74, 6) is 2.87. The number of likely N-dealkylation sites (tertiary alicyclic amines) is 1. The number of hydrogen-bond acceptors (Lipinski definition) is 3. The Hall–Kier alpha value is -2.04. The molecule has 1 N–H and O–H groups in total. The van der Waals surface area contributed by atoms with Gasteiger partial charge in [0.25, 0.3) is 6.47 Å².